The number of aromatic nitrogens is 1. The van der Waals surface area contributed by atoms with Crippen LogP contribution in [0.1, 0.15) is 33.3 Å². The Balaban J connectivity index is 2.73. The first kappa shape index (κ1) is 17.8. The van der Waals surface area contributed by atoms with E-state index < -0.39 is 4.92 Å². The van der Waals surface area contributed by atoms with Gasteiger partial charge in [-0.1, -0.05) is 0 Å². The SMILES string of the molecule is Cc1c([N+](=O)[O-])cnc(NCCN(C(C)C)C(C)C)c1Br. The topological polar surface area (TPSA) is 71.3 Å². The second-order valence-electron chi connectivity index (χ2n) is 5.54. The fourth-order valence-electron chi connectivity index (χ4n) is 2.29. The molecule has 0 amide bonds. The van der Waals surface area contributed by atoms with E-state index in [0.717, 1.165) is 13.1 Å². The summed E-state index contributed by atoms with van der Waals surface area (Å²) in [6.07, 6.45) is 1.30. The first-order valence-electron chi connectivity index (χ1n) is 7.04. The molecule has 1 N–H and O–H groups in total. The summed E-state index contributed by atoms with van der Waals surface area (Å²) in [4.78, 5) is 16.9. The average molecular weight is 359 g/mol. The first-order chi connectivity index (χ1) is 9.75. The van der Waals surface area contributed by atoms with Gasteiger partial charge in [-0.05, 0) is 50.5 Å². The number of nitrogens with zero attached hydrogens (tertiary/aromatic N) is 3. The molecule has 0 fully saturated rings. The molecule has 0 aliphatic carbocycles. The third-order valence-electron chi connectivity index (χ3n) is 3.42. The number of nitro groups is 1. The van der Waals surface area contributed by atoms with E-state index in [0.29, 0.717) is 27.9 Å². The molecule has 1 aromatic rings. The summed E-state index contributed by atoms with van der Waals surface area (Å²) in [5.74, 6) is 0.644. The maximum Gasteiger partial charge on any atom is 0.291 e. The van der Waals surface area contributed by atoms with Crippen LogP contribution in [0.15, 0.2) is 10.7 Å². The zero-order valence-electron chi connectivity index (χ0n) is 13.2. The Morgan fingerprint density at radius 1 is 1.38 bits per heavy atom. The number of anilines is 1. The van der Waals surface area contributed by atoms with Crippen LogP contribution in [0, 0.1) is 17.0 Å². The van der Waals surface area contributed by atoms with Gasteiger partial charge < -0.3 is 5.32 Å². The maximum atomic E-state index is 10.9. The summed E-state index contributed by atoms with van der Waals surface area (Å²) in [6, 6.07) is 0.948. The number of rotatable bonds is 7. The van der Waals surface area contributed by atoms with Crippen molar-refractivity contribution in [1.29, 1.82) is 0 Å². The highest BCUT2D eigenvalue weighted by Gasteiger charge is 2.17. The van der Waals surface area contributed by atoms with Gasteiger partial charge in [-0.25, -0.2) is 4.98 Å². The lowest BCUT2D eigenvalue weighted by atomic mass is 10.2. The van der Waals surface area contributed by atoms with E-state index in [1.165, 1.54) is 6.20 Å². The number of pyridine rings is 1. The summed E-state index contributed by atoms with van der Waals surface area (Å²) in [5.41, 5.74) is 0.612. The Hall–Kier alpha value is -1.21. The molecule has 1 aromatic heterocycles. The van der Waals surface area contributed by atoms with E-state index in [9.17, 15) is 10.1 Å². The average Bonchev–Trinajstić information content (AvgIpc) is 2.37. The van der Waals surface area contributed by atoms with E-state index >= 15 is 0 Å². The Labute approximate surface area is 134 Å². The van der Waals surface area contributed by atoms with Crippen LogP contribution in [0.25, 0.3) is 0 Å². The molecule has 0 saturated heterocycles. The molecule has 6 nitrogen and oxygen atoms in total. The Morgan fingerprint density at radius 3 is 2.43 bits per heavy atom. The number of hydrogen-bond donors (Lipinski definition) is 1. The van der Waals surface area contributed by atoms with Gasteiger partial charge in [0.2, 0.25) is 0 Å². The van der Waals surface area contributed by atoms with Gasteiger partial charge in [0.1, 0.15) is 12.0 Å². The minimum atomic E-state index is -0.421. The van der Waals surface area contributed by atoms with E-state index in [4.69, 9.17) is 0 Å². The molecule has 0 aromatic carbocycles. The molecule has 0 atom stereocenters. The standard InChI is InChI=1S/C14H23BrN4O2/c1-9(2)18(10(3)4)7-6-16-14-13(15)11(5)12(8-17-14)19(20)21/h8-10H,6-7H2,1-5H3,(H,16,17). The maximum absolute atomic E-state index is 10.9. The van der Waals surface area contributed by atoms with Crippen LogP contribution in [-0.4, -0.2) is 40.0 Å². The van der Waals surface area contributed by atoms with Crippen molar-refractivity contribution in [3.05, 3.63) is 26.3 Å². The second-order valence-corrected chi connectivity index (χ2v) is 6.33. The molecule has 0 saturated carbocycles. The fourth-order valence-corrected chi connectivity index (χ4v) is 2.74. The number of nitrogens with one attached hydrogen (secondary N) is 1. The van der Waals surface area contributed by atoms with Gasteiger partial charge in [0.05, 0.1) is 9.40 Å². The summed E-state index contributed by atoms with van der Waals surface area (Å²) in [6.45, 7) is 12.0. The monoisotopic (exact) mass is 358 g/mol. The van der Waals surface area contributed by atoms with E-state index in [-0.39, 0.29) is 5.69 Å². The van der Waals surface area contributed by atoms with Gasteiger partial charge in [0.25, 0.3) is 5.69 Å². The van der Waals surface area contributed by atoms with Gasteiger partial charge in [0.15, 0.2) is 0 Å². The lowest BCUT2D eigenvalue weighted by Gasteiger charge is -2.30. The third kappa shape index (κ3) is 4.64. The predicted molar refractivity (Wildman–Crippen MR) is 88.8 cm³/mol. The highest BCUT2D eigenvalue weighted by Crippen LogP contribution is 2.30. The molecule has 0 aliphatic heterocycles. The van der Waals surface area contributed by atoms with Crippen LogP contribution in [0.5, 0.6) is 0 Å². The Bertz CT molecular complexity index is 498. The lowest BCUT2D eigenvalue weighted by Crippen LogP contribution is -2.40. The van der Waals surface area contributed by atoms with Crippen molar-refractivity contribution in [3.63, 3.8) is 0 Å². The number of halogens is 1. The van der Waals surface area contributed by atoms with Crippen LogP contribution in [-0.2, 0) is 0 Å². The van der Waals surface area contributed by atoms with Crippen LogP contribution in [0.3, 0.4) is 0 Å². The largest absolute Gasteiger partial charge is 0.368 e. The molecule has 0 radical (unpaired) electrons. The zero-order chi connectivity index (χ0) is 16.2. The van der Waals surface area contributed by atoms with E-state index in [1.54, 1.807) is 6.92 Å². The minimum absolute atomic E-state index is 0.0263. The van der Waals surface area contributed by atoms with Crippen molar-refractivity contribution in [3.8, 4) is 0 Å². The number of hydrogen-bond acceptors (Lipinski definition) is 5. The van der Waals surface area contributed by atoms with Gasteiger partial charge in [-0.3, -0.25) is 15.0 Å². The van der Waals surface area contributed by atoms with E-state index in [1.807, 2.05) is 0 Å². The van der Waals surface area contributed by atoms with E-state index in [2.05, 4.69) is 58.8 Å². The normalized spacial score (nSPS) is 11.5. The molecule has 7 heteroatoms. The van der Waals surface area contributed by atoms with Crippen molar-refractivity contribution in [2.24, 2.45) is 0 Å². The zero-order valence-corrected chi connectivity index (χ0v) is 14.8. The summed E-state index contributed by atoms with van der Waals surface area (Å²) < 4.78 is 0.650. The Kier molecular flexibility index (Phi) is 6.54. The molecular formula is C14H23BrN4O2. The Morgan fingerprint density at radius 2 is 1.95 bits per heavy atom. The third-order valence-corrected chi connectivity index (χ3v) is 4.39. The summed E-state index contributed by atoms with van der Waals surface area (Å²) in [7, 11) is 0. The molecule has 21 heavy (non-hydrogen) atoms. The molecule has 0 bridgehead atoms. The van der Waals surface area contributed by atoms with Crippen molar-refractivity contribution in [1.82, 2.24) is 9.88 Å². The second kappa shape index (κ2) is 7.70. The molecule has 1 heterocycles. The predicted octanol–water partition coefficient (Wildman–Crippen LogP) is 3.59. The van der Waals surface area contributed by atoms with Crippen LogP contribution < -0.4 is 5.32 Å². The highest BCUT2D eigenvalue weighted by molar-refractivity contribution is 9.10. The van der Waals surface area contributed by atoms with Crippen molar-refractivity contribution < 1.29 is 4.92 Å². The molecular weight excluding hydrogens is 336 g/mol. The van der Waals surface area contributed by atoms with Crippen molar-refractivity contribution >= 4 is 27.4 Å². The van der Waals surface area contributed by atoms with Crippen molar-refractivity contribution in [2.45, 2.75) is 46.7 Å². The summed E-state index contributed by atoms with van der Waals surface area (Å²) >= 11 is 3.38. The highest BCUT2D eigenvalue weighted by atomic mass is 79.9. The van der Waals surface area contributed by atoms with Crippen LogP contribution in [0.2, 0.25) is 0 Å². The molecule has 0 unspecified atom stereocenters. The first-order valence-corrected chi connectivity index (χ1v) is 7.84. The van der Waals surface area contributed by atoms with Crippen LogP contribution >= 0.6 is 15.9 Å². The minimum Gasteiger partial charge on any atom is -0.368 e. The molecule has 1 rings (SSSR count). The quantitative estimate of drug-likeness (QED) is 0.595. The molecule has 118 valence electrons. The van der Waals surface area contributed by atoms with Gasteiger partial charge in [-0.2, -0.15) is 0 Å². The van der Waals surface area contributed by atoms with Gasteiger partial charge in [0, 0.05) is 30.7 Å². The molecule has 0 spiro atoms. The smallest absolute Gasteiger partial charge is 0.291 e. The lowest BCUT2D eigenvalue weighted by molar-refractivity contribution is -0.385. The van der Waals surface area contributed by atoms with Gasteiger partial charge >= 0.3 is 0 Å². The fraction of sp³-hybridized carbons (Fsp3) is 0.643. The van der Waals surface area contributed by atoms with Crippen molar-refractivity contribution in [2.75, 3.05) is 18.4 Å². The molecule has 0 aliphatic rings. The van der Waals surface area contributed by atoms with Gasteiger partial charge in [-0.15, -0.1) is 0 Å². The van der Waals surface area contributed by atoms with Crippen LogP contribution in [0.4, 0.5) is 11.5 Å². The summed E-state index contributed by atoms with van der Waals surface area (Å²) in [5, 5.41) is 14.1.